The average Bonchev–Trinajstić information content (AvgIpc) is 2.46. The van der Waals surface area contributed by atoms with E-state index in [1.807, 2.05) is 30.3 Å². The third-order valence-corrected chi connectivity index (χ3v) is 3.05. The third kappa shape index (κ3) is 6.22. The molecule has 0 atom stereocenters. The number of fused-ring (bicyclic) bond motifs is 1. The Bertz CT molecular complexity index is 625. The van der Waals surface area contributed by atoms with Crippen LogP contribution in [-0.4, -0.2) is 29.6 Å². The van der Waals surface area contributed by atoms with Gasteiger partial charge in [-0.3, -0.25) is 9.78 Å². The van der Waals surface area contributed by atoms with Gasteiger partial charge in [-0.1, -0.05) is 18.2 Å². The van der Waals surface area contributed by atoms with Gasteiger partial charge < -0.3 is 15.8 Å². The maximum atomic E-state index is 11.6. The van der Waals surface area contributed by atoms with E-state index in [4.69, 9.17) is 10.5 Å². The minimum atomic E-state index is -0.847. The van der Waals surface area contributed by atoms with Gasteiger partial charge in [-0.2, -0.15) is 0 Å². The van der Waals surface area contributed by atoms with Crippen LogP contribution in [0.25, 0.3) is 10.9 Å². The third-order valence-electron chi connectivity index (χ3n) is 3.05. The standard InChI is InChI=1S/C16H21N3O2.2ClH/c1-16(2,17)15(20)19-10-5-11-21-13-8-3-6-12-7-4-9-18-14(12)13;;/h3-4,6-9H,5,10-11,17H2,1-2H3,(H,19,20);2*1H. The number of carbonyl (C=O) groups excluding carboxylic acids is 1. The van der Waals surface area contributed by atoms with Crippen molar-refractivity contribution < 1.29 is 9.53 Å². The van der Waals surface area contributed by atoms with Gasteiger partial charge in [0.15, 0.2) is 0 Å². The molecule has 0 bridgehead atoms. The molecule has 0 saturated carbocycles. The van der Waals surface area contributed by atoms with E-state index in [-0.39, 0.29) is 30.7 Å². The van der Waals surface area contributed by atoms with E-state index < -0.39 is 5.54 Å². The number of pyridine rings is 1. The van der Waals surface area contributed by atoms with E-state index in [1.54, 1.807) is 20.0 Å². The molecule has 2 rings (SSSR count). The van der Waals surface area contributed by atoms with Crippen molar-refractivity contribution in [3.8, 4) is 5.75 Å². The molecule has 0 radical (unpaired) electrons. The molecule has 128 valence electrons. The molecule has 1 aromatic carbocycles. The second-order valence-corrected chi connectivity index (χ2v) is 5.51. The van der Waals surface area contributed by atoms with Gasteiger partial charge in [0.2, 0.25) is 5.91 Å². The smallest absolute Gasteiger partial charge is 0.239 e. The Balaban J connectivity index is 0.00000242. The number of ether oxygens (including phenoxy) is 1. The average molecular weight is 360 g/mol. The van der Waals surface area contributed by atoms with E-state index in [2.05, 4.69) is 10.3 Å². The molecular formula is C16H23Cl2N3O2. The number of nitrogens with one attached hydrogen (secondary N) is 1. The molecule has 0 aliphatic rings. The molecule has 3 N–H and O–H groups in total. The first kappa shape index (κ1) is 21.4. The van der Waals surface area contributed by atoms with Crippen LogP contribution < -0.4 is 15.8 Å². The lowest BCUT2D eigenvalue weighted by atomic mass is 10.1. The van der Waals surface area contributed by atoms with Gasteiger partial charge in [0, 0.05) is 18.1 Å². The quantitative estimate of drug-likeness (QED) is 0.777. The molecule has 0 unspecified atom stereocenters. The second kappa shape index (κ2) is 9.55. The fourth-order valence-electron chi connectivity index (χ4n) is 1.88. The summed E-state index contributed by atoms with van der Waals surface area (Å²) in [5, 5.41) is 3.84. The molecule has 0 aliphatic heterocycles. The van der Waals surface area contributed by atoms with Crippen LogP contribution in [0.15, 0.2) is 36.5 Å². The lowest BCUT2D eigenvalue weighted by molar-refractivity contribution is -0.125. The summed E-state index contributed by atoms with van der Waals surface area (Å²) in [5.74, 6) is 0.605. The van der Waals surface area contributed by atoms with Crippen molar-refractivity contribution in [2.75, 3.05) is 13.2 Å². The first-order valence-electron chi connectivity index (χ1n) is 7.02. The van der Waals surface area contributed by atoms with Gasteiger partial charge in [0.1, 0.15) is 11.3 Å². The van der Waals surface area contributed by atoms with Gasteiger partial charge in [-0.15, -0.1) is 24.8 Å². The first-order chi connectivity index (χ1) is 9.98. The van der Waals surface area contributed by atoms with Crippen LogP contribution in [0.3, 0.4) is 0 Å². The molecule has 2 aromatic rings. The second-order valence-electron chi connectivity index (χ2n) is 5.51. The van der Waals surface area contributed by atoms with Crippen LogP contribution in [0.4, 0.5) is 0 Å². The van der Waals surface area contributed by atoms with Gasteiger partial charge in [0.25, 0.3) is 0 Å². The summed E-state index contributed by atoms with van der Waals surface area (Å²) in [6.07, 6.45) is 2.46. The van der Waals surface area contributed by atoms with E-state index in [0.29, 0.717) is 19.6 Å². The van der Waals surface area contributed by atoms with Crippen molar-refractivity contribution in [2.45, 2.75) is 25.8 Å². The van der Waals surface area contributed by atoms with Crippen molar-refractivity contribution in [3.63, 3.8) is 0 Å². The van der Waals surface area contributed by atoms with Crippen LogP contribution >= 0.6 is 24.8 Å². The number of benzene rings is 1. The van der Waals surface area contributed by atoms with Crippen LogP contribution in [0.5, 0.6) is 5.75 Å². The number of nitrogens with zero attached hydrogens (tertiary/aromatic N) is 1. The summed E-state index contributed by atoms with van der Waals surface area (Å²) in [4.78, 5) is 15.9. The lowest BCUT2D eigenvalue weighted by Crippen LogP contribution is -2.49. The number of rotatable bonds is 6. The number of hydrogen-bond acceptors (Lipinski definition) is 4. The highest BCUT2D eigenvalue weighted by atomic mass is 35.5. The zero-order valence-electron chi connectivity index (χ0n) is 13.2. The first-order valence-corrected chi connectivity index (χ1v) is 7.02. The fourth-order valence-corrected chi connectivity index (χ4v) is 1.88. The number of amides is 1. The van der Waals surface area contributed by atoms with Crippen molar-refractivity contribution in [1.29, 1.82) is 0 Å². The summed E-state index contributed by atoms with van der Waals surface area (Å²) >= 11 is 0. The molecule has 0 fully saturated rings. The van der Waals surface area contributed by atoms with Crippen molar-refractivity contribution in [3.05, 3.63) is 36.5 Å². The minimum absolute atomic E-state index is 0. The summed E-state index contributed by atoms with van der Waals surface area (Å²) in [6, 6.07) is 9.74. The van der Waals surface area contributed by atoms with Crippen LogP contribution in [0.1, 0.15) is 20.3 Å². The van der Waals surface area contributed by atoms with Crippen molar-refractivity contribution in [1.82, 2.24) is 10.3 Å². The zero-order valence-corrected chi connectivity index (χ0v) is 14.9. The molecule has 1 heterocycles. The van der Waals surface area contributed by atoms with Crippen molar-refractivity contribution in [2.24, 2.45) is 5.73 Å². The van der Waals surface area contributed by atoms with Crippen LogP contribution in [0.2, 0.25) is 0 Å². The molecule has 1 aromatic heterocycles. The van der Waals surface area contributed by atoms with E-state index in [1.165, 1.54) is 0 Å². The van der Waals surface area contributed by atoms with Crippen LogP contribution in [-0.2, 0) is 4.79 Å². The molecule has 0 spiro atoms. The lowest BCUT2D eigenvalue weighted by Gasteiger charge is -2.17. The number of halogens is 2. The van der Waals surface area contributed by atoms with E-state index >= 15 is 0 Å². The molecule has 1 amide bonds. The molecule has 0 aliphatic carbocycles. The highest BCUT2D eigenvalue weighted by molar-refractivity contribution is 5.86. The summed E-state index contributed by atoms with van der Waals surface area (Å²) in [6.45, 7) is 4.42. The maximum absolute atomic E-state index is 11.6. The molecule has 5 nitrogen and oxygen atoms in total. The number of nitrogens with two attached hydrogens (primary N) is 1. The van der Waals surface area contributed by atoms with Gasteiger partial charge in [-0.25, -0.2) is 0 Å². The van der Waals surface area contributed by atoms with Gasteiger partial charge in [0.05, 0.1) is 12.1 Å². The fraction of sp³-hybridized carbons (Fsp3) is 0.375. The van der Waals surface area contributed by atoms with E-state index in [9.17, 15) is 4.79 Å². The predicted molar refractivity (Wildman–Crippen MR) is 97.6 cm³/mol. The Morgan fingerprint density at radius 2 is 1.96 bits per heavy atom. The normalized spacial score (nSPS) is 10.4. The monoisotopic (exact) mass is 359 g/mol. The Morgan fingerprint density at radius 1 is 1.26 bits per heavy atom. The Labute approximate surface area is 148 Å². The number of hydrogen-bond donors (Lipinski definition) is 2. The summed E-state index contributed by atoms with van der Waals surface area (Å²) < 4.78 is 5.74. The van der Waals surface area contributed by atoms with Crippen molar-refractivity contribution >= 4 is 41.6 Å². The van der Waals surface area contributed by atoms with Crippen LogP contribution in [0, 0.1) is 0 Å². The number of aromatic nitrogens is 1. The highest BCUT2D eigenvalue weighted by Crippen LogP contribution is 2.22. The minimum Gasteiger partial charge on any atom is -0.491 e. The Kier molecular flexibility index (Phi) is 8.90. The summed E-state index contributed by atoms with van der Waals surface area (Å²) in [5.41, 5.74) is 5.70. The largest absolute Gasteiger partial charge is 0.491 e. The zero-order chi connectivity index (χ0) is 15.3. The molecule has 0 saturated heterocycles. The number of carbonyl (C=O) groups is 1. The van der Waals surface area contributed by atoms with Gasteiger partial charge >= 0.3 is 0 Å². The topological polar surface area (TPSA) is 77.2 Å². The molecular weight excluding hydrogens is 337 g/mol. The molecule has 23 heavy (non-hydrogen) atoms. The Morgan fingerprint density at radius 3 is 2.65 bits per heavy atom. The molecule has 7 heteroatoms. The number of para-hydroxylation sites is 1. The Hall–Kier alpha value is -1.56. The SMILES string of the molecule is CC(C)(N)C(=O)NCCCOc1cccc2cccnc12.Cl.Cl. The van der Waals surface area contributed by atoms with Gasteiger partial charge in [-0.05, 0) is 32.4 Å². The highest BCUT2D eigenvalue weighted by Gasteiger charge is 2.20. The maximum Gasteiger partial charge on any atom is 0.239 e. The summed E-state index contributed by atoms with van der Waals surface area (Å²) in [7, 11) is 0. The predicted octanol–water partition coefficient (Wildman–Crippen LogP) is 2.70. The van der Waals surface area contributed by atoms with E-state index in [0.717, 1.165) is 16.7 Å².